The first-order valence-electron chi connectivity index (χ1n) is 9.38. The number of esters is 1. The number of benzene rings is 2. The van der Waals surface area contributed by atoms with Crippen molar-refractivity contribution < 1.29 is 14.3 Å². The van der Waals surface area contributed by atoms with E-state index in [1.165, 1.54) is 19.6 Å². The summed E-state index contributed by atoms with van der Waals surface area (Å²) in [6.07, 6.45) is 1.64. The molecular weight excluding hydrogens is 400 g/mol. The zero-order chi connectivity index (χ0) is 21.9. The van der Waals surface area contributed by atoms with Crippen LogP contribution in [0.15, 0.2) is 47.6 Å². The molecule has 0 bridgehead atoms. The van der Waals surface area contributed by atoms with Gasteiger partial charge in [0.15, 0.2) is 17.3 Å². The third kappa shape index (κ3) is 4.83. The summed E-state index contributed by atoms with van der Waals surface area (Å²) in [7, 11) is 1.51. The summed E-state index contributed by atoms with van der Waals surface area (Å²) in [6, 6.07) is 13.3. The molecule has 8 heteroatoms. The average molecular weight is 425 g/mol. The molecule has 1 aromatic heterocycles. The number of aromatic nitrogens is 3. The second kappa shape index (κ2) is 8.62. The minimum atomic E-state index is -0.415. The molecule has 0 aliphatic carbocycles. The van der Waals surface area contributed by atoms with Crippen LogP contribution in [0, 0.1) is 4.77 Å². The van der Waals surface area contributed by atoms with Gasteiger partial charge in [0.25, 0.3) is 0 Å². The molecule has 0 atom stereocenters. The SMILES string of the molecule is COc1cc(C=Nn2c(-c3ccc(C(C)(C)C)cc3)n[nH]c2=S)ccc1OC(C)=O. The summed E-state index contributed by atoms with van der Waals surface area (Å²) in [5.41, 5.74) is 2.95. The maximum absolute atomic E-state index is 11.2. The van der Waals surface area contributed by atoms with Crippen LogP contribution < -0.4 is 9.47 Å². The molecule has 0 fully saturated rings. The van der Waals surface area contributed by atoms with Gasteiger partial charge in [-0.1, -0.05) is 45.0 Å². The van der Waals surface area contributed by atoms with E-state index in [1.54, 1.807) is 29.1 Å². The Morgan fingerprint density at radius 1 is 1.17 bits per heavy atom. The number of aromatic amines is 1. The molecule has 30 heavy (non-hydrogen) atoms. The molecule has 0 aliphatic rings. The van der Waals surface area contributed by atoms with Crippen LogP contribution in [-0.4, -0.2) is 34.2 Å². The predicted octanol–water partition coefficient (Wildman–Crippen LogP) is 4.72. The Labute approximate surface area is 180 Å². The Morgan fingerprint density at radius 3 is 2.47 bits per heavy atom. The van der Waals surface area contributed by atoms with Crippen molar-refractivity contribution in [2.75, 3.05) is 7.11 Å². The van der Waals surface area contributed by atoms with Crippen molar-refractivity contribution in [1.82, 2.24) is 14.9 Å². The maximum Gasteiger partial charge on any atom is 0.308 e. The first kappa shape index (κ1) is 21.4. The van der Waals surface area contributed by atoms with Crippen molar-refractivity contribution >= 4 is 24.4 Å². The second-order valence-electron chi connectivity index (χ2n) is 7.74. The van der Waals surface area contributed by atoms with Crippen LogP contribution in [0.2, 0.25) is 0 Å². The third-order valence-corrected chi connectivity index (χ3v) is 4.69. The van der Waals surface area contributed by atoms with E-state index in [-0.39, 0.29) is 5.41 Å². The maximum atomic E-state index is 11.2. The molecule has 0 spiro atoms. The lowest BCUT2D eigenvalue weighted by Crippen LogP contribution is -2.10. The van der Waals surface area contributed by atoms with Gasteiger partial charge >= 0.3 is 5.97 Å². The van der Waals surface area contributed by atoms with Crippen molar-refractivity contribution in [1.29, 1.82) is 0 Å². The van der Waals surface area contributed by atoms with E-state index in [1.807, 2.05) is 12.1 Å². The average Bonchev–Trinajstić information content (AvgIpc) is 3.06. The molecular formula is C22H24N4O3S. The van der Waals surface area contributed by atoms with E-state index in [4.69, 9.17) is 21.7 Å². The highest BCUT2D eigenvalue weighted by atomic mass is 32.1. The molecule has 3 rings (SSSR count). The molecule has 0 radical (unpaired) electrons. The molecule has 2 aromatic carbocycles. The second-order valence-corrected chi connectivity index (χ2v) is 8.13. The lowest BCUT2D eigenvalue weighted by atomic mass is 9.87. The fourth-order valence-corrected chi connectivity index (χ4v) is 3.01. The van der Waals surface area contributed by atoms with Crippen molar-refractivity contribution in [3.05, 3.63) is 58.4 Å². The quantitative estimate of drug-likeness (QED) is 0.277. The van der Waals surface area contributed by atoms with Crippen LogP contribution in [0.25, 0.3) is 11.4 Å². The van der Waals surface area contributed by atoms with E-state index in [0.29, 0.717) is 22.1 Å². The zero-order valence-corrected chi connectivity index (χ0v) is 18.4. The van der Waals surface area contributed by atoms with E-state index in [2.05, 4.69) is 48.2 Å². The summed E-state index contributed by atoms with van der Waals surface area (Å²) >= 11 is 5.34. The molecule has 0 saturated heterocycles. The smallest absolute Gasteiger partial charge is 0.308 e. The number of ether oxygens (including phenoxy) is 2. The molecule has 3 aromatic rings. The topological polar surface area (TPSA) is 81.5 Å². The van der Waals surface area contributed by atoms with Gasteiger partial charge in [-0.3, -0.25) is 4.79 Å². The van der Waals surface area contributed by atoms with Crippen LogP contribution in [0.1, 0.15) is 38.8 Å². The minimum Gasteiger partial charge on any atom is -0.493 e. The van der Waals surface area contributed by atoms with Crippen LogP contribution >= 0.6 is 12.2 Å². The molecule has 0 unspecified atom stereocenters. The van der Waals surface area contributed by atoms with Gasteiger partial charge in [0.2, 0.25) is 4.77 Å². The van der Waals surface area contributed by atoms with Crippen LogP contribution in [0.3, 0.4) is 0 Å². The lowest BCUT2D eigenvalue weighted by Gasteiger charge is -2.18. The van der Waals surface area contributed by atoms with Crippen LogP contribution in [0.4, 0.5) is 0 Å². The lowest BCUT2D eigenvalue weighted by molar-refractivity contribution is -0.132. The Kier molecular flexibility index (Phi) is 6.17. The molecule has 1 N–H and O–H groups in total. The van der Waals surface area contributed by atoms with Gasteiger partial charge in [-0.25, -0.2) is 5.10 Å². The van der Waals surface area contributed by atoms with E-state index >= 15 is 0 Å². The van der Waals surface area contributed by atoms with E-state index in [0.717, 1.165) is 11.1 Å². The molecule has 0 saturated carbocycles. The number of carbonyl (C=O) groups is 1. The molecule has 156 valence electrons. The number of H-pyrrole nitrogens is 1. The van der Waals surface area contributed by atoms with Crippen molar-refractivity contribution in [2.24, 2.45) is 5.10 Å². The summed E-state index contributed by atoms with van der Waals surface area (Å²) in [6.45, 7) is 7.85. The zero-order valence-electron chi connectivity index (χ0n) is 17.6. The van der Waals surface area contributed by atoms with Gasteiger partial charge in [0, 0.05) is 12.5 Å². The van der Waals surface area contributed by atoms with Crippen LogP contribution in [-0.2, 0) is 10.2 Å². The third-order valence-electron chi connectivity index (χ3n) is 4.42. The Morgan fingerprint density at radius 2 is 1.87 bits per heavy atom. The van der Waals surface area contributed by atoms with Crippen molar-refractivity contribution in [3.63, 3.8) is 0 Å². The number of rotatable bonds is 5. The number of nitrogens with zero attached hydrogens (tertiary/aromatic N) is 3. The first-order valence-corrected chi connectivity index (χ1v) is 9.79. The van der Waals surface area contributed by atoms with Gasteiger partial charge in [-0.15, -0.1) is 0 Å². The predicted molar refractivity (Wildman–Crippen MR) is 119 cm³/mol. The number of hydrogen-bond donors (Lipinski definition) is 1. The van der Waals surface area contributed by atoms with Gasteiger partial charge in [-0.05, 0) is 47.0 Å². The fraction of sp³-hybridized carbons (Fsp3) is 0.273. The summed E-state index contributed by atoms with van der Waals surface area (Å²) in [5, 5.41) is 11.6. The van der Waals surface area contributed by atoms with Crippen LogP contribution in [0.5, 0.6) is 11.5 Å². The minimum absolute atomic E-state index is 0.0682. The largest absolute Gasteiger partial charge is 0.493 e. The molecule has 0 amide bonds. The standard InChI is InChI=1S/C22H24N4O3S/c1-14(27)29-18-11-6-15(12-19(18)28-5)13-23-26-20(24-25-21(26)30)16-7-9-17(10-8-16)22(2,3)4/h6-13H,1-5H3,(H,25,30). The molecule has 1 heterocycles. The summed E-state index contributed by atoms with van der Waals surface area (Å²) in [5.74, 6) is 0.978. The first-order chi connectivity index (χ1) is 14.2. The van der Waals surface area contributed by atoms with Gasteiger partial charge in [-0.2, -0.15) is 14.9 Å². The van der Waals surface area contributed by atoms with E-state index in [9.17, 15) is 4.79 Å². The normalized spacial score (nSPS) is 11.6. The fourth-order valence-electron chi connectivity index (χ4n) is 2.83. The highest BCUT2D eigenvalue weighted by molar-refractivity contribution is 7.71. The number of carbonyl (C=O) groups excluding carboxylic acids is 1. The van der Waals surface area contributed by atoms with Gasteiger partial charge in [0.1, 0.15) is 0 Å². The van der Waals surface area contributed by atoms with Crippen molar-refractivity contribution in [3.8, 4) is 22.9 Å². The van der Waals surface area contributed by atoms with E-state index < -0.39 is 5.97 Å². The molecule has 7 nitrogen and oxygen atoms in total. The van der Waals surface area contributed by atoms with Gasteiger partial charge in [0.05, 0.1) is 13.3 Å². The summed E-state index contributed by atoms with van der Waals surface area (Å²) < 4.78 is 12.4. The highest BCUT2D eigenvalue weighted by Gasteiger charge is 2.15. The Balaban J connectivity index is 1.91. The van der Waals surface area contributed by atoms with Gasteiger partial charge < -0.3 is 9.47 Å². The van der Waals surface area contributed by atoms with Crippen molar-refractivity contribution in [2.45, 2.75) is 33.1 Å². The number of hydrogen-bond acceptors (Lipinski definition) is 6. The Bertz CT molecular complexity index is 1140. The highest BCUT2D eigenvalue weighted by Crippen LogP contribution is 2.28. The Hall–Kier alpha value is -3.26. The number of nitrogens with one attached hydrogen (secondary N) is 1. The molecule has 0 aliphatic heterocycles. The monoisotopic (exact) mass is 424 g/mol. The number of methoxy groups -OCH3 is 1. The summed E-state index contributed by atoms with van der Waals surface area (Å²) in [4.78, 5) is 11.2.